The highest BCUT2D eigenvalue weighted by atomic mass is 79.9. The lowest BCUT2D eigenvalue weighted by Crippen LogP contribution is -2.08. The van der Waals surface area contributed by atoms with Crippen LogP contribution in [0.3, 0.4) is 0 Å². The molecular weight excluding hydrogens is 284 g/mol. The van der Waals surface area contributed by atoms with Crippen molar-refractivity contribution in [3.63, 3.8) is 0 Å². The summed E-state index contributed by atoms with van der Waals surface area (Å²) in [5.41, 5.74) is 1.15. The summed E-state index contributed by atoms with van der Waals surface area (Å²) in [6.45, 7) is 3.71. The topological polar surface area (TPSA) is 20.2 Å². The molecule has 0 saturated heterocycles. The molecule has 0 bridgehead atoms. The Hall–Kier alpha value is 0.400. The van der Waals surface area contributed by atoms with Gasteiger partial charge in [-0.3, -0.25) is 0 Å². The normalized spacial score (nSPS) is 19.9. The molecule has 0 spiro atoms. The molecule has 0 saturated carbocycles. The van der Waals surface area contributed by atoms with Crippen molar-refractivity contribution < 1.29 is 5.11 Å². The quantitative estimate of drug-likeness (QED) is 0.845. The average molecular weight is 296 g/mol. The molecule has 1 unspecified atom stereocenters. The number of aliphatic hydroxyl groups is 1. The van der Waals surface area contributed by atoms with Crippen molar-refractivity contribution in [2.45, 2.75) is 31.8 Å². The second-order valence-electron chi connectivity index (χ2n) is 3.02. The zero-order valence-corrected chi connectivity index (χ0v) is 9.99. The van der Waals surface area contributed by atoms with Crippen molar-refractivity contribution in [1.82, 2.24) is 0 Å². The molecule has 68 valence electrons. The second kappa shape index (κ2) is 4.58. The lowest BCUT2D eigenvalue weighted by Gasteiger charge is -2.11. The van der Waals surface area contributed by atoms with Crippen LogP contribution in [0.25, 0.3) is 0 Å². The minimum atomic E-state index is -0.353. The Morgan fingerprint density at radius 1 is 1.58 bits per heavy atom. The highest BCUT2D eigenvalue weighted by Crippen LogP contribution is 2.34. The van der Waals surface area contributed by atoms with Crippen LogP contribution >= 0.6 is 31.9 Å². The van der Waals surface area contributed by atoms with Crippen LogP contribution in [-0.4, -0.2) is 11.2 Å². The molecule has 1 nitrogen and oxygen atoms in total. The van der Waals surface area contributed by atoms with Crippen LogP contribution < -0.4 is 0 Å². The second-order valence-corrected chi connectivity index (χ2v) is 5.10. The predicted molar refractivity (Wildman–Crippen MR) is 58.5 cm³/mol. The third-order valence-electron chi connectivity index (χ3n) is 2.01. The van der Waals surface area contributed by atoms with E-state index in [0.717, 1.165) is 29.3 Å². The fourth-order valence-electron chi connectivity index (χ4n) is 1.41. The smallest absolute Gasteiger partial charge is 0.0806 e. The first-order chi connectivity index (χ1) is 5.61. The fourth-order valence-corrected chi connectivity index (χ4v) is 2.46. The summed E-state index contributed by atoms with van der Waals surface area (Å²) >= 11 is 6.72. The number of aliphatic hydroxyl groups excluding tert-OH is 1. The molecule has 0 aromatic heterocycles. The molecule has 0 amide bonds. The minimum absolute atomic E-state index is 0.353. The van der Waals surface area contributed by atoms with Crippen molar-refractivity contribution in [2.24, 2.45) is 0 Å². The third-order valence-corrected chi connectivity index (χ3v) is 3.24. The summed E-state index contributed by atoms with van der Waals surface area (Å²) in [6.07, 6.45) is 3.50. The molecule has 1 N–H and O–H groups in total. The van der Waals surface area contributed by atoms with Crippen LogP contribution in [0.15, 0.2) is 21.1 Å². The van der Waals surface area contributed by atoms with Crippen LogP contribution in [0.1, 0.15) is 25.7 Å². The van der Waals surface area contributed by atoms with E-state index in [2.05, 4.69) is 38.4 Å². The SMILES string of the molecule is C=C(Br)CC(O)C1=C(Br)CCC1. The van der Waals surface area contributed by atoms with Gasteiger partial charge in [0.1, 0.15) is 0 Å². The fraction of sp³-hybridized carbons (Fsp3) is 0.556. The predicted octanol–water partition coefficient (Wildman–Crippen LogP) is 3.48. The van der Waals surface area contributed by atoms with Crippen molar-refractivity contribution in [2.75, 3.05) is 0 Å². The van der Waals surface area contributed by atoms with E-state index in [1.807, 2.05) is 0 Å². The number of allylic oxidation sites excluding steroid dienone is 1. The molecule has 3 heteroatoms. The van der Waals surface area contributed by atoms with E-state index >= 15 is 0 Å². The molecule has 0 aliphatic heterocycles. The summed E-state index contributed by atoms with van der Waals surface area (Å²) in [6, 6.07) is 0. The van der Waals surface area contributed by atoms with E-state index in [1.165, 1.54) is 4.48 Å². The number of hydrogen-bond acceptors (Lipinski definition) is 1. The molecule has 0 fully saturated rings. The molecule has 12 heavy (non-hydrogen) atoms. The van der Waals surface area contributed by atoms with Crippen molar-refractivity contribution >= 4 is 31.9 Å². The van der Waals surface area contributed by atoms with Crippen LogP contribution in [0.2, 0.25) is 0 Å². The zero-order chi connectivity index (χ0) is 9.14. The monoisotopic (exact) mass is 294 g/mol. The summed E-state index contributed by atoms with van der Waals surface area (Å²) in [5, 5.41) is 9.71. The van der Waals surface area contributed by atoms with E-state index in [4.69, 9.17) is 0 Å². The molecule has 0 aromatic carbocycles. The number of rotatable bonds is 3. The molecule has 0 radical (unpaired) electrons. The maximum Gasteiger partial charge on any atom is 0.0806 e. The average Bonchev–Trinajstić information content (AvgIpc) is 2.33. The van der Waals surface area contributed by atoms with Crippen LogP contribution in [0.4, 0.5) is 0 Å². The Bertz CT molecular complexity index is 221. The Morgan fingerprint density at radius 3 is 2.67 bits per heavy atom. The Morgan fingerprint density at radius 2 is 2.25 bits per heavy atom. The molecule has 1 aliphatic rings. The third kappa shape index (κ3) is 2.71. The first-order valence-electron chi connectivity index (χ1n) is 4.00. The lowest BCUT2D eigenvalue weighted by molar-refractivity contribution is 0.210. The van der Waals surface area contributed by atoms with Gasteiger partial charge in [0.2, 0.25) is 0 Å². The Balaban J connectivity index is 2.57. The first kappa shape index (κ1) is 10.5. The van der Waals surface area contributed by atoms with Crippen molar-refractivity contribution in [1.29, 1.82) is 0 Å². The molecule has 0 aromatic rings. The molecule has 0 heterocycles. The molecule has 1 rings (SSSR count). The van der Waals surface area contributed by atoms with Gasteiger partial charge in [-0.2, -0.15) is 0 Å². The van der Waals surface area contributed by atoms with Gasteiger partial charge in [-0.15, -0.1) is 0 Å². The van der Waals surface area contributed by atoms with Gasteiger partial charge in [-0.1, -0.05) is 38.4 Å². The summed E-state index contributed by atoms with van der Waals surface area (Å²) in [7, 11) is 0. The maximum absolute atomic E-state index is 9.71. The van der Waals surface area contributed by atoms with E-state index in [-0.39, 0.29) is 6.10 Å². The van der Waals surface area contributed by atoms with Crippen LogP contribution in [0, 0.1) is 0 Å². The van der Waals surface area contributed by atoms with Gasteiger partial charge in [0.05, 0.1) is 6.10 Å². The lowest BCUT2D eigenvalue weighted by atomic mass is 10.1. The van der Waals surface area contributed by atoms with Gasteiger partial charge in [-0.25, -0.2) is 0 Å². The van der Waals surface area contributed by atoms with Gasteiger partial charge in [0.25, 0.3) is 0 Å². The molecular formula is C9H12Br2O. The number of hydrogen-bond donors (Lipinski definition) is 1. The largest absolute Gasteiger partial charge is 0.388 e. The first-order valence-corrected chi connectivity index (χ1v) is 5.58. The van der Waals surface area contributed by atoms with E-state index in [1.54, 1.807) is 0 Å². The summed E-state index contributed by atoms with van der Waals surface area (Å²) in [4.78, 5) is 0. The van der Waals surface area contributed by atoms with Gasteiger partial charge in [0.15, 0.2) is 0 Å². The Labute approximate surface area is 89.8 Å². The van der Waals surface area contributed by atoms with Gasteiger partial charge < -0.3 is 5.11 Å². The standard InChI is InChI=1S/C9H12Br2O/c1-6(10)5-9(12)7-3-2-4-8(7)11/h9,12H,1-5H2. The van der Waals surface area contributed by atoms with Gasteiger partial charge >= 0.3 is 0 Å². The number of halogens is 2. The highest BCUT2D eigenvalue weighted by molar-refractivity contribution is 9.12. The van der Waals surface area contributed by atoms with Crippen LogP contribution in [-0.2, 0) is 0 Å². The van der Waals surface area contributed by atoms with E-state index < -0.39 is 0 Å². The zero-order valence-electron chi connectivity index (χ0n) is 6.82. The van der Waals surface area contributed by atoms with Crippen molar-refractivity contribution in [3.8, 4) is 0 Å². The molecule has 1 aliphatic carbocycles. The van der Waals surface area contributed by atoms with Crippen molar-refractivity contribution in [3.05, 3.63) is 21.1 Å². The minimum Gasteiger partial charge on any atom is -0.388 e. The van der Waals surface area contributed by atoms with E-state index in [9.17, 15) is 5.11 Å². The van der Waals surface area contributed by atoms with E-state index in [0.29, 0.717) is 6.42 Å². The highest BCUT2D eigenvalue weighted by Gasteiger charge is 2.19. The maximum atomic E-state index is 9.71. The van der Waals surface area contributed by atoms with Gasteiger partial charge in [-0.05, 0) is 33.8 Å². The Kier molecular flexibility index (Phi) is 4.00. The summed E-state index contributed by atoms with van der Waals surface area (Å²) in [5.74, 6) is 0. The molecule has 1 atom stereocenters. The van der Waals surface area contributed by atoms with Gasteiger partial charge in [0, 0.05) is 6.42 Å². The van der Waals surface area contributed by atoms with Crippen LogP contribution in [0.5, 0.6) is 0 Å². The summed E-state index contributed by atoms with van der Waals surface area (Å²) < 4.78 is 2.04.